The number of carbonyl (C=O) groups excluding carboxylic acids is 1. The number of aryl methyl sites for hydroxylation is 1. The highest BCUT2D eigenvalue weighted by atomic mass is 32.2. The Morgan fingerprint density at radius 1 is 1.42 bits per heavy atom. The summed E-state index contributed by atoms with van der Waals surface area (Å²) < 4.78 is 26.8. The number of aromatic nitrogens is 2. The van der Waals surface area contributed by atoms with Crippen molar-refractivity contribution in [1.82, 2.24) is 10.2 Å². The first-order valence-electron chi connectivity index (χ1n) is 7.21. The molecule has 1 unspecified atom stereocenters. The van der Waals surface area contributed by atoms with E-state index in [4.69, 9.17) is 0 Å². The average molecular weight is 368 g/mol. The lowest BCUT2D eigenvalue weighted by Crippen LogP contribution is -2.36. The van der Waals surface area contributed by atoms with Gasteiger partial charge in [0.15, 0.2) is 0 Å². The number of aliphatic hydroxyl groups is 1. The molecule has 0 bridgehead atoms. The highest BCUT2D eigenvalue weighted by Gasteiger charge is 2.34. The quantitative estimate of drug-likeness (QED) is 0.793. The molecule has 3 rings (SSSR count). The van der Waals surface area contributed by atoms with Crippen LogP contribution >= 0.6 is 11.3 Å². The van der Waals surface area contributed by atoms with E-state index in [1.165, 1.54) is 11.2 Å². The Hall–Kier alpha value is -2.04. The van der Waals surface area contributed by atoms with Gasteiger partial charge < -0.3 is 10.4 Å². The van der Waals surface area contributed by atoms with Crippen LogP contribution in [0, 0.1) is 6.92 Å². The Morgan fingerprint density at radius 3 is 2.88 bits per heavy atom. The number of amides is 1. The molecule has 0 saturated heterocycles. The molecule has 8 nitrogen and oxygen atoms in total. The first-order chi connectivity index (χ1) is 11.3. The van der Waals surface area contributed by atoms with E-state index in [1.807, 2.05) is 6.92 Å². The van der Waals surface area contributed by atoms with Crippen LogP contribution in [0.15, 0.2) is 22.5 Å². The minimum Gasteiger partial charge on any atom is -0.388 e. The fraction of sp³-hybridized carbons (Fsp3) is 0.357. The van der Waals surface area contributed by atoms with Crippen LogP contribution in [0.1, 0.15) is 30.6 Å². The molecule has 1 aliphatic heterocycles. The van der Waals surface area contributed by atoms with Gasteiger partial charge in [-0.25, -0.2) is 0 Å². The largest absolute Gasteiger partial charge is 0.388 e. The lowest BCUT2D eigenvalue weighted by molar-refractivity contribution is -0.114. The van der Waals surface area contributed by atoms with Crippen LogP contribution in [0.25, 0.3) is 0 Å². The van der Waals surface area contributed by atoms with E-state index < -0.39 is 16.1 Å². The first-order valence-corrected chi connectivity index (χ1v) is 9.47. The summed E-state index contributed by atoms with van der Waals surface area (Å²) in [5, 5.41) is 20.1. The van der Waals surface area contributed by atoms with E-state index in [2.05, 4.69) is 15.5 Å². The van der Waals surface area contributed by atoms with Crippen molar-refractivity contribution in [3.05, 3.63) is 29.3 Å². The van der Waals surface area contributed by atoms with Crippen LogP contribution in [0.2, 0.25) is 0 Å². The molecule has 2 N–H and O–H groups in total. The zero-order valence-corrected chi connectivity index (χ0v) is 14.7. The molecule has 1 aromatic heterocycles. The summed E-state index contributed by atoms with van der Waals surface area (Å²) in [5.41, 5.74) is 1.96. The molecular formula is C14H16N4O4S2. The Labute approximate surface area is 143 Å². The fourth-order valence-electron chi connectivity index (χ4n) is 2.54. The molecule has 1 aromatic carbocycles. The van der Waals surface area contributed by atoms with Crippen molar-refractivity contribution in [2.75, 3.05) is 16.2 Å². The number of fused-ring (bicyclic) bond motifs is 1. The standard InChI is InChI=1S/C14H16N4O4S2/c1-8-3-4-11-10(7-8)12(20)5-6-18(11)24(21,22)14-17-16-13(23-14)15-9(2)19/h3-4,7,12,20H,5-6H2,1-2H3,(H,15,16,19). The summed E-state index contributed by atoms with van der Waals surface area (Å²) >= 11 is 0.794. The molecule has 0 fully saturated rings. The predicted octanol–water partition coefficient (Wildman–Crippen LogP) is 1.44. The predicted molar refractivity (Wildman–Crippen MR) is 89.5 cm³/mol. The third-order valence-corrected chi connectivity index (χ3v) is 6.61. The maximum atomic E-state index is 12.9. The molecule has 2 heterocycles. The number of sulfonamides is 1. The van der Waals surface area contributed by atoms with E-state index in [0.717, 1.165) is 16.9 Å². The van der Waals surface area contributed by atoms with Crippen molar-refractivity contribution in [2.45, 2.75) is 30.7 Å². The first kappa shape index (κ1) is 16.8. The van der Waals surface area contributed by atoms with Gasteiger partial charge in [0.2, 0.25) is 11.0 Å². The molecule has 0 radical (unpaired) electrons. The van der Waals surface area contributed by atoms with Gasteiger partial charge in [-0.1, -0.05) is 29.0 Å². The van der Waals surface area contributed by atoms with Crippen molar-refractivity contribution in [3.63, 3.8) is 0 Å². The van der Waals surface area contributed by atoms with E-state index >= 15 is 0 Å². The highest BCUT2D eigenvalue weighted by molar-refractivity contribution is 7.94. The number of aliphatic hydroxyl groups excluding tert-OH is 1. The molecule has 0 aliphatic carbocycles. The molecule has 1 aliphatic rings. The minimum absolute atomic E-state index is 0.127. The zero-order chi connectivity index (χ0) is 17.5. The van der Waals surface area contributed by atoms with Gasteiger partial charge in [0, 0.05) is 19.0 Å². The normalized spacial score (nSPS) is 17.5. The zero-order valence-electron chi connectivity index (χ0n) is 13.1. The van der Waals surface area contributed by atoms with Crippen LogP contribution in [0.3, 0.4) is 0 Å². The number of nitrogens with zero attached hydrogens (tertiary/aromatic N) is 3. The number of hydrogen-bond donors (Lipinski definition) is 2. The van der Waals surface area contributed by atoms with Crippen molar-refractivity contribution in [1.29, 1.82) is 0 Å². The summed E-state index contributed by atoms with van der Waals surface area (Å²) in [4.78, 5) is 11.0. The minimum atomic E-state index is -3.91. The molecule has 10 heteroatoms. The summed E-state index contributed by atoms with van der Waals surface area (Å²) in [6.45, 7) is 3.33. The number of benzene rings is 1. The Balaban J connectivity index is 2.00. The highest BCUT2D eigenvalue weighted by Crippen LogP contribution is 2.38. The molecule has 24 heavy (non-hydrogen) atoms. The van der Waals surface area contributed by atoms with Gasteiger partial charge in [-0.05, 0) is 19.4 Å². The molecule has 0 spiro atoms. The van der Waals surface area contributed by atoms with Crippen LogP contribution in [-0.4, -0.2) is 36.2 Å². The maximum absolute atomic E-state index is 12.9. The van der Waals surface area contributed by atoms with Crippen molar-refractivity contribution in [2.24, 2.45) is 0 Å². The number of carbonyl (C=O) groups is 1. The number of rotatable bonds is 3. The van der Waals surface area contributed by atoms with Crippen LogP contribution in [0.5, 0.6) is 0 Å². The third-order valence-electron chi connectivity index (χ3n) is 3.62. The SMILES string of the molecule is CC(=O)Nc1nnc(S(=O)(=O)N2CCC(O)c3cc(C)ccc32)s1. The van der Waals surface area contributed by atoms with Crippen LogP contribution < -0.4 is 9.62 Å². The smallest absolute Gasteiger partial charge is 0.293 e. The second-order valence-corrected chi connectivity index (χ2v) is 8.51. The second kappa shape index (κ2) is 6.11. The summed E-state index contributed by atoms with van der Waals surface area (Å²) in [6, 6.07) is 5.26. The Morgan fingerprint density at radius 2 is 2.17 bits per heavy atom. The van der Waals surface area contributed by atoms with Crippen molar-refractivity contribution in [3.8, 4) is 0 Å². The molecule has 1 atom stereocenters. The van der Waals surface area contributed by atoms with Crippen LogP contribution in [0.4, 0.5) is 10.8 Å². The topological polar surface area (TPSA) is 112 Å². The van der Waals surface area contributed by atoms with E-state index in [9.17, 15) is 18.3 Å². The van der Waals surface area contributed by atoms with Gasteiger partial charge in [-0.15, -0.1) is 10.2 Å². The lowest BCUT2D eigenvalue weighted by Gasteiger charge is -2.32. The monoisotopic (exact) mass is 368 g/mol. The van der Waals surface area contributed by atoms with Gasteiger partial charge >= 0.3 is 0 Å². The van der Waals surface area contributed by atoms with Gasteiger partial charge in [-0.2, -0.15) is 8.42 Å². The molecule has 1 amide bonds. The molecule has 2 aromatic rings. The van der Waals surface area contributed by atoms with E-state index in [1.54, 1.807) is 18.2 Å². The maximum Gasteiger partial charge on any atom is 0.293 e. The van der Waals surface area contributed by atoms with E-state index in [0.29, 0.717) is 17.7 Å². The molecular weight excluding hydrogens is 352 g/mol. The molecule has 128 valence electrons. The van der Waals surface area contributed by atoms with E-state index in [-0.39, 0.29) is 21.9 Å². The fourth-order valence-corrected chi connectivity index (χ4v) is 5.10. The average Bonchev–Trinajstić information content (AvgIpc) is 2.96. The van der Waals surface area contributed by atoms with Crippen molar-refractivity contribution >= 4 is 38.1 Å². The molecule has 0 saturated carbocycles. The number of nitrogens with one attached hydrogen (secondary N) is 1. The van der Waals surface area contributed by atoms with Gasteiger partial charge in [0.05, 0.1) is 11.8 Å². The third kappa shape index (κ3) is 2.99. The Bertz CT molecular complexity index is 894. The van der Waals surface area contributed by atoms with Gasteiger partial charge in [0.1, 0.15) is 0 Å². The number of hydrogen-bond acceptors (Lipinski definition) is 7. The second-order valence-electron chi connectivity index (χ2n) is 5.50. The van der Waals surface area contributed by atoms with Gasteiger partial charge in [0.25, 0.3) is 14.4 Å². The number of anilines is 2. The van der Waals surface area contributed by atoms with Crippen LogP contribution in [-0.2, 0) is 14.8 Å². The Kier molecular flexibility index (Phi) is 4.28. The lowest BCUT2D eigenvalue weighted by atomic mass is 9.99. The summed E-state index contributed by atoms with van der Waals surface area (Å²) in [6.07, 6.45) is -0.400. The summed E-state index contributed by atoms with van der Waals surface area (Å²) in [5.74, 6) is -0.350. The summed E-state index contributed by atoms with van der Waals surface area (Å²) in [7, 11) is -3.91. The van der Waals surface area contributed by atoms with Gasteiger partial charge in [-0.3, -0.25) is 9.10 Å². The van der Waals surface area contributed by atoms with Crippen molar-refractivity contribution < 1.29 is 18.3 Å².